The lowest BCUT2D eigenvalue weighted by Crippen LogP contribution is -2.49. The predicted octanol–water partition coefficient (Wildman–Crippen LogP) is 2.12. The molecule has 1 N–H and O–H groups in total. The number of hydrogen-bond donors (Lipinski definition) is 1. The van der Waals surface area contributed by atoms with E-state index in [0.717, 1.165) is 22.3 Å². The molecule has 1 aromatic heterocycles. The zero-order valence-corrected chi connectivity index (χ0v) is 13.6. The molecule has 0 saturated heterocycles. The van der Waals surface area contributed by atoms with Crippen molar-refractivity contribution >= 4 is 17.7 Å². The summed E-state index contributed by atoms with van der Waals surface area (Å²) in [5.74, 6) is 0.531. The van der Waals surface area contributed by atoms with Crippen LogP contribution >= 0.6 is 11.8 Å². The van der Waals surface area contributed by atoms with Crippen molar-refractivity contribution in [1.29, 1.82) is 0 Å². The Morgan fingerprint density at radius 1 is 1.40 bits per heavy atom. The molecule has 0 aromatic carbocycles. The number of likely N-dealkylation sites (N-methyl/N-ethyl adjacent to an activating group) is 1. The summed E-state index contributed by atoms with van der Waals surface area (Å²) < 4.78 is 5.10. The van der Waals surface area contributed by atoms with Gasteiger partial charge in [0, 0.05) is 17.1 Å². The largest absolute Gasteiger partial charge is 0.465 e. The predicted molar refractivity (Wildman–Crippen MR) is 80.9 cm³/mol. The van der Waals surface area contributed by atoms with Crippen LogP contribution in [-0.2, 0) is 9.53 Å². The molecule has 1 atom stereocenters. The van der Waals surface area contributed by atoms with E-state index in [1.54, 1.807) is 18.8 Å². The zero-order chi connectivity index (χ0) is 15.2. The summed E-state index contributed by atoms with van der Waals surface area (Å²) in [4.78, 5) is 20.7. The molecule has 1 rings (SSSR count). The minimum absolute atomic E-state index is 0.218. The van der Waals surface area contributed by atoms with Crippen molar-refractivity contribution in [2.75, 3.05) is 19.4 Å². The maximum atomic E-state index is 11.9. The Kier molecular flexibility index (Phi) is 6.42. The van der Waals surface area contributed by atoms with Gasteiger partial charge in [-0.25, -0.2) is 9.97 Å². The molecule has 0 bridgehead atoms. The van der Waals surface area contributed by atoms with E-state index in [0.29, 0.717) is 13.0 Å². The minimum Gasteiger partial charge on any atom is -0.465 e. The molecule has 20 heavy (non-hydrogen) atoms. The summed E-state index contributed by atoms with van der Waals surface area (Å²) in [7, 11) is 1.77. The van der Waals surface area contributed by atoms with E-state index in [2.05, 4.69) is 15.3 Å². The first kappa shape index (κ1) is 16.9. The highest BCUT2D eigenvalue weighted by Gasteiger charge is 2.32. The fraction of sp³-hybridized carbons (Fsp3) is 0.643. The second kappa shape index (κ2) is 7.59. The number of hydrogen-bond acceptors (Lipinski definition) is 6. The van der Waals surface area contributed by atoms with Crippen LogP contribution in [0.15, 0.2) is 11.2 Å². The Bertz CT molecular complexity index is 447. The van der Waals surface area contributed by atoms with Gasteiger partial charge in [-0.3, -0.25) is 4.79 Å². The molecule has 0 radical (unpaired) electrons. The minimum atomic E-state index is -0.665. The van der Waals surface area contributed by atoms with Crippen molar-refractivity contribution in [3.05, 3.63) is 17.5 Å². The van der Waals surface area contributed by atoms with E-state index in [-0.39, 0.29) is 5.97 Å². The van der Waals surface area contributed by atoms with Crippen LogP contribution in [-0.4, -0.2) is 40.9 Å². The molecule has 112 valence electrons. The number of aryl methyl sites for hydroxylation is 2. The van der Waals surface area contributed by atoms with E-state index in [4.69, 9.17) is 4.74 Å². The highest BCUT2D eigenvalue weighted by atomic mass is 32.2. The monoisotopic (exact) mass is 297 g/mol. The van der Waals surface area contributed by atoms with Crippen LogP contribution in [0, 0.1) is 13.8 Å². The molecule has 0 fully saturated rings. The van der Waals surface area contributed by atoms with Crippen LogP contribution < -0.4 is 5.32 Å². The molecule has 0 saturated carbocycles. The first-order valence-corrected chi connectivity index (χ1v) is 7.71. The quantitative estimate of drug-likeness (QED) is 0.472. The second-order valence-electron chi connectivity index (χ2n) is 4.83. The highest BCUT2D eigenvalue weighted by molar-refractivity contribution is 7.99. The number of nitrogens with zero attached hydrogens (tertiary/aromatic N) is 2. The van der Waals surface area contributed by atoms with Gasteiger partial charge in [0.1, 0.15) is 5.54 Å². The first-order valence-electron chi connectivity index (χ1n) is 6.72. The summed E-state index contributed by atoms with van der Waals surface area (Å²) in [6.07, 6.45) is 0.656. The molecule has 1 unspecified atom stereocenters. The van der Waals surface area contributed by atoms with E-state index < -0.39 is 5.54 Å². The van der Waals surface area contributed by atoms with Crippen molar-refractivity contribution in [3.63, 3.8) is 0 Å². The number of nitrogens with one attached hydrogen (secondary N) is 1. The molecule has 1 aromatic rings. The van der Waals surface area contributed by atoms with Crippen molar-refractivity contribution in [3.8, 4) is 0 Å². The number of ether oxygens (including phenoxy) is 1. The number of carbonyl (C=O) groups is 1. The zero-order valence-electron chi connectivity index (χ0n) is 12.8. The van der Waals surface area contributed by atoms with Gasteiger partial charge < -0.3 is 10.1 Å². The average molecular weight is 297 g/mol. The van der Waals surface area contributed by atoms with E-state index >= 15 is 0 Å². The number of carbonyl (C=O) groups excluding carboxylic acids is 1. The Morgan fingerprint density at radius 3 is 2.50 bits per heavy atom. The SMILES string of the molecule is CCOC(=O)C(C)(CCSc1nc(C)cc(C)n1)NC. The fourth-order valence-electron chi connectivity index (χ4n) is 1.72. The Balaban J connectivity index is 2.59. The van der Waals surface area contributed by atoms with E-state index in [1.165, 1.54) is 0 Å². The van der Waals surface area contributed by atoms with Gasteiger partial charge in [0.15, 0.2) is 5.16 Å². The molecule has 0 spiro atoms. The van der Waals surface area contributed by atoms with E-state index in [9.17, 15) is 4.79 Å². The highest BCUT2D eigenvalue weighted by Crippen LogP contribution is 2.20. The van der Waals surface area contributed by atoms with Gasteiger partial charge in [-0.2, -0.15) is 0 Å². The average Bonchev–Trinajstić information content (AvgIpc) is 2.37. The lowest BCUT2D eigenvalue weighted by atomic mass is 10.00. The topological polar surface area (TPSA) is 64.1 Å². The molecule has 1 heterocycles. The molecule has 0 aliphatic heterocycles. The van der Waals surface area contributed by atoms with Gasteiger partial charge in [0.25, 0.3) is 0 Å². The van der Waals surface area contributed by atoms with Gasteiger partial charge in [-0.15, -0.1) is 0 Å². The maximum Gasteiger partial charge on any atom is 0.326 e. The molecule has 6 heteroatoms. The van der Waals surface area contributed by atoms with E-state index in [1.807, 2.05) is 33.8 Å². The lowest BCUT2D eigenvalue weighted by molar-refractivity contribution is -0.150. The molecular weight excluding hydrogens is 274 g/mol. The van der Waals surface area contributed by atoms with Crippen molar-refractivity contribution in [2.24, 2.45) is 0 Å². The summed E-state index contributed by atoms with van der Waals surface area (Å²) in [5, 5.41) is 3.80. The molecule has 0 aliphatic rings. The van der Waals surface area contributed by atoms with Crippen molar-refractivity contribution in [2.45, 2.75) is 44.8 Å². The first-order chi connectivity index (χ1) is 9.41. The normalized spacial score (nSPS) is 13.8. The summed E-state index contributed by atoms with van der Waals surface area (Å²) in [5.41, 5.74) is 1.26. The molecule has 5 nitrogen and oxygen atoms in total. The van der Waals surface area contributed by atoms with Crippen LogP contribution in [0.2, 0.25) is 0 Å². The molecule has 0 amide bonds. The number of rotatable bonds is 7. The number of aromatic nitrogens is 2. The number of thioether (sulfide) groups is 1. The van der Waals surface area contributed by atoms with Crippen LogP contribution in [0.3, 0.4) is 0 Å². The second-order valence-corrected chi connectivity index (χ2v) is 5.90. The third kappa shape index (κ3) is 4.76. The Morgan fingerprint density at radius 2 is 2.00 bits per heavy atom. The van der Waals surface area contributed by atoms with Gasteiger partial charge in [0.2, 0.25) is 0 Å². The smallest absolute Gasteiger partial charge is 0.326 e. The molecular formula is C14H23N3O2S. The van der Waals surface area contributed by atoms with Gasteiger partial charge in [-0.1, -0.05) is 11.8 Å². The fourth-order valence-corrected chi connectivity index (χ4v) is 2.83. The maximum absolute atomic E-state index is 11.9. The Labute approximate surface area is 124 Å². The lowest BCUT2D eigenvalue weighted by Gasteiger charge is -2.26. The van der Waals surface area contributed by atoms with Crippen molar-refractivity contribution < 1.29 is 9.53 Å². The van der Waals surface area contributed by atoms with Gasteiger partial charge in [-0.05, 0) is 47.2 Å². The van der Waals surface area contributed by atoms with Gasteiger partial charge in [0.05, 0.1) is 6.61 Å². The van der Waals surface area contributed by atoms with Gasteiger partial charge >= 0.3 is 5.97 Å². The van der Waals surface area contributed by atoms with Crippen LogP contribution in [0.1, 0.15) is 31.7 Å². The molecule has 0 aliphatic carbocycles. The van der Waals surface area contributed by atoms with Crippen LogP contribution in [0.4, 0.5) is 0 Å². The third-order valence-electron chi connectivity index (χ3n) is 3.07. The summed E-state index contributed by atoms with van der Waals surface area (Å²) in [6.45, 7) is 7.97. The van der Waals surface area contributed by atoms with Crippen LogP contribution in [0.25, 0.3) is 0 Å². The number of esters is 1. The third-order valence-corrected chi connectivity index (χ3v) is 3.92. The van der Waals surface area contributed by atoms with Crippen molar-refractivity contribution in [1.82, 2.24) is 15.3 Å². The summed E-state index contributed by atoms with van der Waals surface area (Å²) in [6, 6.07) is 1.94. The van der Waals surface area contributed by atoms with Crippen LogP contribution in [0.5, 0.6) is 0 Å². The summed E-state index contributed by atoms with van der Waals surface area (Å²) >= 11 is 1.56. The Hall–Kier alpha value is -1.14. The standard InChI is InChI=1S/C14H23N3O2S/c1-6-19-12(18)14(4,15-5)7-8-20-13-16-10(2)9-11(3)17-13/h9,15H,6-8H2,1-5H3.